The van der Waals surface area contributed by atoms with Gasteiger partial charge in [0.1, 0.15) is 0 Å². The average molecular weight is 293 g/mol. The molecule has 4 nitrogen and oxygen atoms in total. The van der Waals surface area contributed by atoms with Crippen molar-refractivity contribution in [3.8, 4) is 10.6 Å². The maximum atomic E-state index is 5.58. The molecule has 0 saturated carbocycles. The minimum Gasteiger partial charge on any atom is -0.380 e. The van der Waals surface area contributed by atoms with E-state index in [-0.39, 0.29) is 0 Å². The molecule has 0 amide bonds. The van der Waals surface area contributed by atoms with Crippen LogP contribution in [0.4, 0.5) is 0 Å². The Morgan fingerprint density at radius 3 is 3.05 bits per heavy atom. The standard InChI is InChI=1S/C15H23N3OS/c1-12(2)5-7-19-8-6-16-10-13-11-17-18-15(13)14-4-3-9-20-14/h3-4,9,11-12,16H,5-8,10H2,1-2H3,(H,17,18). The van der Waals surface area contributed by atoms with Gasteiger partial charge in [-0.25, -0.2) is 0 Å². The van der Waals surface area contributed by atoms with Gasteiger partial charge < -0.3 is 10.1 Å². The van der Waals surface area contributed by atoms with Crippen LogP contribution >= 0.6 is 11.3 Å². The van der Waals surface area contributed by atoms with Crippen molar-refractivity contribution >= 4 is 11.3 Å². The summed E-state index contributed by atoms with van der Waals surface area (Å²) in [6, 6.07) is 4.16. The first-order valence-corrected chi connectivity index (χ1v) is 8.00. The summed E-state index contributed by atoms with van der Waals surface area (Å²) >= 11 is 1.72. The number of aromatic amines is 1. The fraction of sp³-hybridized carbons (Fsp3) is 0.533. The Kier molecular flexibility index (Phi) is 6.24. The average Bonchev–Trinajstić information content (AvgIpc) is 3.07. The van der Waals surface area contributed by atoms with Gasteiger partial charge in [-0.15, -0.1) is 11.3 Å². The van der Waals surface area contributed by atoms with Crippen LogP contribution in [0.3, 0.4) is 0 Å². The summed E-state index contributed by atoms with van der Waals surface area (Å²) in [6.45, 7) is 7.73. The SMILES string of the molecule is CC(C)CCOCCNCc1cn[nH]c1-c1cccs1. The molecule has 0 saturated heterocycles. The molecule has 2 N–H and O–H groups in total. The van der Waals surface area contributed by atoms with Crippen LogP contribution in [0.2, 0.25) is 0 Å². The Hall–Kier alpha value is -1.17. The summed E-state index contributed by atoms with van der Waals surface area (Å²) < 4.78 is 5.58. The van der Waals surface area contributed by atoms with Crippen LogP contribution in [-0.4, -0.2) is 30.0 Å². The van der Waals surface area contributed by atoms with E-state index in [0.717, 1.165) is 38.4 Å². The van der Waals surface area contributed by atoms with Crippen LogP contribution in [0.1, 0.15) is 25.8 Å². The molecule has 0 radical (unpaired) electrons. The van der Waals surface area contributed by atoms with Crippen molar-refractivity contribution < 1.29 is 4.74 Å². The maximum Gasteiger partial charge on any atom is 0.0794 e. The van der Waals surface area contributed by atoms with Gasteiger partial charge in [0.2, 0.25) is 0 Å². The number of ether oxygens (including phenoxy) is 1. The fourth-order valence-electron chi connectivity index (χ4n) is 1.87. The van der Waals surface area contributed by atoms with Gasteiger partial charge in [-0.05, 0) is 23.8 Å². The second-order valence-corrected chi connectivity index (χ2v) is 6.17. The van der Waals surface area contributed by atoms with E-state index in [0.29, 0.717) is 5.92 Å². The number of aromatic nitrogens is 2. The lowest BCUT2D eigenvalue weighted by molar-refractivity contribution is 0.125. The molecule has 0 atom stereocenters. The summed E-state index contributed by atoms with van der Waals surface area (Å²) in [4.78, 5) is 1.23. The predicted octanol–water partition coefficient (Wildman–Crippen LogP) is 3.29. The van der Waals surface area contributed by atoms with Gasteiger partial charge >= 0.3 is 0 Å². The Bertz CT molecular complexity index is 479. The molecule has 0 bridgehead atoms. The van der Waals surface area contributed by atoms with Crippen LogP contribution in [0, 0.1) is 5.92 Å². The number of hydrogen-bond acceptors (Lipinski definition) is 4. The minimum atomic E-state index is 0.710. The van der Waals surface area contributed by atoms with E-state index in [1.807, 2.05) is 6.20 Å². The summed E-state index contributed by atoms with van der Waals surface area (Å²) in [5, 5.41) is 12.7. The van der Waals surface area contributed by atoms with E-state index in [2.05, 4.69) is 46.9 Å². The Labute approximate surface area is 124 Å². The number of H-pyrrole nitrogens is 1. The number of nitrogens with one attached hydrogen (secondary N) is 2. The van der Waals surface area contributed by atoms with Gasteiger partial charge in [-0.1, -0.05) is 19.9 Å². The van der Waals surface area contributed by atoms with E-state index >= 15 is 0 Å². The van der Waals surface area contributed by atoms with E-state index in [1.54, 1.807) is 11.3 Å². The normalized spacial score (nSPS) is 11.3. The van der Waals surface area contributed by atoms with Crippen molar-refractivity contribution in [3.05, 3.63) is 29.3 Å². The van der Waals surface area contributed by atoms with Crippen molar-refractivity contribution in [2.45, 2.75) is 26.8 Å². The lowest BCUT2D eigenvalue weighted by Gasteiger charge is -2.07. The summed E-state index contributed by atoms with van der Waals surface area (Å²) in [7, 11) is 0. The smallest absolute Gasteiger partial charge is 0.0794 e. The Morgan fingerprint density at radius 2 is 2.30 bits per heavy atom. The lowest BCUT2D eigenvalue weighted by Crippen LogP contribution is -2.19. The summed E-state index contributed by atoms with van der Waals surface area (Å²) in [5.41, 5.74) is 2.32. The first kappa shape index (κ1) is 15.2. The first-order chi connectivity index (χ1) is 9.77. The predicted molar refractivity (Wildman–Crippen MR) is 83.9 cm³/mol. The van der Waals surface area contributed by atoms with Crippen LogP contribution in [0.25, 0.3) is 10.6 Å². The third-order valence-electron chi connectivity index (χ3n) is 3.06. The van der Waals surface area contributed by atoms with Crippen molar-refractivity contribution in [2.24, 2.45) is 5.92 Å². The zero-order valence-electron chi connectivity index (χ0n) is 12.2. The van der Waals surface area contributed by atoms with Crippen LogP contribution in [0.5, 0.6) is 0 Å². The lowest BCUT2D eigenvalue weighted by atomic mass is 10.1. The molecule has 0 aliphatic rings. The highest BCUT2D eigenvalue weighted by molar-refractivity contribution is 7.13. The first-order valence-electron chi connectivity index (χ1n) is 7.12. The van der Waals surface area contributed by atoms with Crippen molar-refractivity contribution in [1.82, 2.24) is 15.5 Å². The Morgan fingerprint density at radius 1 is 1.40 bits per heavy atom. The van der Waals surface area contributed by atoms with Crippen LogP contribution in [-0.2, 0) is 11.3 Å². The molecule has 2 rings (SSSR count). The number of nitrogens with zero attached hydrogens (tertiary/aromatic N) is 1. The van der Waals surface area contributed by atoms with Crippen LogP contribution < -0.4 is 5.32 Å². The fourth-order valence-corrected chi connectivity index (χ4v) is 2.62. The largest absolute Gasteiger partial charge is 0.380 e. The van der Waals surface area contributed by atoms with Crippen molar-refractivity contribution in [3.63, 3.8) is 0 Å². The van der Waals surface area contributed by atoms with Gasteiger partial charge in [0.25, 0.3) is 0 Å². The van der Waals surface area contributed by atoms with E-state index < -0.39 is 0 Å². The van der Waals surface area contributed by atoms with Gasteiger partial charge in [0.15, 0.2) is 0 Å². The van der Waals surface area contributed by atoms with Crippen molar-refractivity contribution in [2.75, 3.05) is 19.8 Å². The monoisotopic (exact) mass is 293 g/mol. The molecular weight excluding hydrogens is 270 g/mol. The molecule has 0 spiro atoms. The van der Waals surface area contributed by atoms with E-state index in [4.69, 9.17) is 4.74 Å². The highest BCUT2D eigenvalue weighted by Gasteiger charge is 2.07. The van der Waals surface area contributed by atoms with E-state index in [1.165, 1.54) is 10.4 Å². The molecule has 2 heterocycles. The van der Waals surface area contributed by atoms with Crippen LogP contribution in [0.15, 0.2) is 23.7 Å². The Balaban J connectivity index is 1.67. The molecule has 110 valence electrons. The number of thiophene rings is 1. The zero-order chi connectivity index (χ0) is 14.2. The quantitative estimate of drug-likeness (QED) is 0.698. The summed E-state index contributed by atoms with van der Waals surface area (Å²) in [5.74, 6) is 0.710. The van der Waals surface area contributed by atoms with Gasteiger partial charge in [-0.3, -0.25) is 5.10 Å². The molecule has 2 aromatic heterocycles. The van der Waals surface area contributed by atoms with Gasteiger partial charge in [0.05, 0.1) is 23.4 Å². The van der Waals surface area contributed by atoms with Crippen molar-refractivity contribution in [1.29, 1.82) is 0 Å². The maximum absolute atomic E-state index is 5.58. The third kappa shape index (κ3) is 4.74. The summed E-state index contributed by atoms with van der Waals surface area (Å²) in [6.07, 6.45) is 3.02. The molecule has 2 aromatic rings. The second-order valence-electron chi connectivity index (χ2n) is 5.22. The molecule has 0 aromatic carbocycles. The minimum absolute atomic E-state index is 0.710. The number of hydrogen-bond donors (Lipinski definition) is 2. The topological polar surface area (TPSA) is 49.9 Å². The molecule has 0 fully saturated rings. The molecule has 0 aliphatic heterocycles. The zero-order valence-corrected chi connectivity index (χ0v) is 13.0. The van der Waals surface area contributed by atoms with Gasteiger partial charge in [-0.2, -0.15) is 5.10 Å². The number of rotatable bonds is 9. The highest BCUT2D eigenvalue weighted by Crippen LogP contribution is 2.25. The van der Waals surface area contributed by atoms with E-state index in [9.17, 15) is 0 Å². The second kappa shape index (κ2) is 8.19. The highest BCUT2D eigenvalue weighted by atomic mass is 32.1. The molecule has 20 heavy (non-hydrogen) atoms. The molecule has 0 aliphatic carbocycles. The molecular formula is C15H23N3OS. The third-order valence-corrected chi connectivity index (χ3v) is 3.95. The molecule has 0 unspecified atom stereocenters. The van der Waals surface area contributed by atoms with Gasteiger partial charge in [0, 0.05) is 25.3 Å². The molecule has 5 heteroatoms.